The lowest BCUT2D eigenvalue weighted by Gasteiger charge is -2.03. The lowest BCUT2D eigenvalue weighted by Crippen LogP contribution is -1.91. The molecule has 0 aromatic heterocycles. The van der Waals surface area contributed by atoms with Crippen LogP contribution in [-0.4, -0.2) is 10.5 Å². The van der Waals surface area contributed by atoms with Crippen LogP contribution < -0.4 is 0 Å². The van der Waals surface area contributed by atoms with Gasteiger partial charge < -0.3 is 0 Å². The Kier molecular flexibility index (Phi) is 7.26. The normalized spacial score (nSPS) is 9.31. The average Bonchev–Trinajstić information content (AvgIpc) is 2.19. The minimum absolute atomic E-state index is 0.815. The van der Waals surface area contributed by atoms with E-state index >= 15 is 0 Å². The largest absolute Gasteiger partial charge is 0.255 e. The molecule has 2 N–H and O–H groups in total. The molecule has 1 rings (SSSR count). The van der Waals surface area contributed by atoms with Crippen molar-refractivity contribution in [1.29, 1.82) is 0 Å². The Balaban J connectivity index is 0.000000671. The Hall–Kier alpha value is -0.860. The number of aryl methyl sites for hydroxylation is 1. The van der Waals surface area contributed by atoms with Gasteiger partial charge >= 0.3 is 0 Å². The summed E-state index contributed by atoms with van der Waals surface area (Å²) < 4.78 is 0. The molecular weight excluding hydrogens is 164 g/mol. The Morgan fingerprint density at radius 1 is 1.08 bits per heavy atom. The molecular formula is C11H18O2. The van der Waals surface area contributed by atoms with Crippen LogP contribution in [0.3, 0.4) is 0 Å². The fourth-order valence-corrected chi connectivity index (χ4v) is 1.10. The van der Waals surface area contributed by atoms with Crippen LogP contribution in [0.1, 0.15) is 25.8 Å². The van der Waals surface area contributed by atoms with Crippen molar-refractivity contribution >= 4 is 0 Å². The van der Waals surface area contributed by atoms with Gasteiger partial charge in [-0.2, -0.15) is 0 Å². The van der Waals surface area contributed by atoms with E-state index in [-0.39, 0.29) is 0 Å². The highest BCUT2D eigenvalue weighted by Gasteiger charge is 1.94. The molecule has 0 aliphatic heterocycles. The predicted octanol–water partition coefficient (Wildman–Crippen LogP) is 3.29. The molecule has 1 aromatic rings. The SMILES string of the molecule is CC(C)CCc1ccccc1.OO. The van der Waals surface area contributed by atoms with Gasteiger partial charge in [0.05, 0.1) is 0 Å². The molecule has 13 heavy (non-hydrogen) atoms. The fraction of sp³-hybridized carbons (Fsp3) is 0.455. The average molecular weight is 182 g/mol. The molecule has 2 nitrogen and oxygen atoms in total. The van der Waals surface area contributed by atoms with Crippen LogP contribution in [0.15, 0.2) is 30.3 Å². The second-order valence-electron chi connectivity index (χ2n) is 3.42. The van der Waals surface area contributed by atoms with Crippen LogP contribution >= 0.6 is 0 Å². The molecule has 0 bridgehead atoms. The van der Waals surface area contributed by atoms with Crippen molar-refractivity contribution in [3.05, 3.63) is 35.9 Å². The summed E-state index contributed by atoms with van der Waals surface area (Å²) in [6, 6.07) is 10.7. The van der Waals surface area contributed by atoms with Gasteiger partial charge in [0.15, 0.2) is 0 Å². The Morgan fingerprint density at radius 2 is 1.62 bits per heavy atom. The first kappa shape index (κ1) is 12.1. The number of hydrogen-bond donors (Lipinski definition) is 2. The van der Waals surface area contributed by atoms with Crippen LogP contribution in [0, 0.1) is 5.92 Å². The van der Waals surface area contributed by atoms with Gasteiger partial charge in [-0.15, -0.1) is 0 Å². The standard InChI is InChI=1S/C11H16.H2O2/c1-10(2)8-9-11-6-4-3-5-7-11;1-2/h3-7,10H,8-9H2,1-2H3;1-2H. The van der Waals surface area contributed by atoms with E-state index in [1.54, 1.807) is 0 Å². The van der Waals surface area contributed by atoms with E-state index in [1.165, 1.54) is 18.4 Å². The van der Waals surface area contributed by atoms with Gasteiger partial charge in [-0.25, -0.2) is 0 Å². The third-order valence-corrected chi connectivity index (χ3v) is 1.85. The molecule has 0 radical (unpaired) electrons. The Bertz CT molecular complexity index is 195. The number of benzene rings is 1. The third-order valence-electron chi connectivity index (χ3n) is 1.85. The highest BCUT2D eigenvalue weighted by atomic mass is 17.0. The summed E-state index contributed by atoms with van der Waals surface area (Å²) >= 11 is 0. The smallest absolute Gasteiger partial charge is 0.0276 e. The summed E-state index contributed by atoms with van der Waals surface area (Å²) in [5.74, 6) is 0.815. The Morgan fingerprint density at radius 3 is 2.08 bits per heavy atom. The molecule has 0 amide bonds. The van der Waals surface area contributed by atoms with Gasteiger partial charge in [-0.3, -0.25) is 10.5 Å². The highest BCUT2D eigenvalue weighted by Crippen LogP contribution is 2.07. The summed E-state index contributed by atoms with van der Waals surface area (Å²) in [7, 11) is 0. The molecule has 0 saturated carbocycles. The van der Waals surface area contributed by atoms with Crippen molar-refractivity contribution < 1.29 is 10.5 Å². The summed E-state index contributed by atoms with van der Waals surface area (Å²) in [4.78, 5) is 0. The minimum Gasteiger partial charge on any atom is -0.255 e. The molecule has 0 heterocycles. The molecule has 74 valence electrons. The molecule has 0 atom stereocenters. The fourth-order valence-electron chi connectivity index (χ4n) is 1.10. The van der Waals surface area contributed by atoms with Crippen LogP contribution in [0.2, 0.25) is 0 Å². The van der Waals surface area contributed by atoms with Crippen LogP contribution in [0.25, 0.3) is 0 Å². The topological polar surface area (TPSA) is 40.5 Å². The van der Waals surface area contributed by atoms with E-state index in [4.69, 9.17) is 10.5 Å². The van der Waals surface area contributed by atoms with Gasteiger partial charge in [-0.1, -0.05) is 44.2 Å². The van der Waals surface area contributed by atoms with Crippen molar-refractivity contribution in [1.82, 2.24) is 0 Å². The summed E-state index contributed by atoms with van der Waals surface area (Å²) in [6.45, 7) is 4.53. The first-order valence-electron chi connectivity index (χ1n) is 4.53. The van der Waals surface area contributed by atoms with Gasteiger partial charge in [0.2, 0.25) is 0 Å². The van der Waals surface area contributed by atoms with Crippen molar-refractivity contribution in [2.75, 3.05) is 0 Å². The van der Waals surface area contributed by atoms with Crippen molar-refractivity contribution in [3.8, 4) is 0 Å². The zero-order valence-electron chi connectivity index (χ0n) is 8.27. The van der Waals surface area contributed by atoms with E-state index in [0.717, 1.165) is 5.92 Å². The van der Waals surface area contributed by atoms with Crippen molar-refractivity contribution in [3.63, 3.8) is 0 Å². The van der Waals surface area contributed by atoms with E-state index in [9.17, 15) is 0 Å². The molecule has 0 aliphatic carbocycles. The first-order valence-corrected chi connectivity index (χ1v) is 4.53. The number of hydrogen-bond acceptors (Lipinski definition) is 2. The van der Waals surface area contributed by atoms with E-state index in [1.807, 2.05) is 0 Å². The maximum atomic E-state index is 6.00. The summed E-state index contributed by atoms with van der Waals surface area (Å²) in [5.41, 5.74) is 1.46. The van der Waals surface area contributed by atoms with Crippen LogP contribution in [-0.2, 0) is 6.42 Å². The molecule has 2 heteroatoms. The van der Waals surface area contributed by atoms with Crippen LogP contribution in [0.4, 0.5) is 0 Å². The second-order valence-corrected chi connectivity index (χ2v) is 3.42. The highest BCUT2D eigenvalue weighted by molar-refractivity contribution is 5.14. The zero-order chi connectivity index (χ0) is 10.1. The first-order chi connectivity index (χ1) is 6.29. The van der Waals surface area contributed by atoms with E-state index in [0.29, 0.717) is 0 Å². The van der Waals surface area contributed by atoms with Gasteiger partial charge in [0.25, 0.3) is 0 Å². The quantitative estimate of drug-likeness (QED) is 0.556. The van der Waals surface area contributed by atoms with E-state index in [2.05, 4.69) is 44.2 Å². The summed E-state index contributed by atoms with van der Waals surface area (Å²) in [5, 5.41) is 12.0. The molecule has 0 fully saturated rings. The molecule has 0 spiro atoms. The number of rotatable bonds is 3. The predicted molar refractivity (Wildman–Crippen MR) is 54.9 cm³/mol. The third kappa shape index (κ3) is 6.31. The van der Waals surface area contributed by atoms with Crippen molar-refractivity contribution in [2.45, 2.75) is 26.7 Å². The lowest BCUT2D eigenvalue weighted by molar-refractivity contribution is -0.176. The molecule has 0 aliphatic rings. The Labute approximate surface area is 79.8 Å². The lowest BCUT2D eigenvalue weighted by atomic mass is 10.0. The van der Waals surface area contributed by atoms with Gasteiger partial charge in [0, 0.05) is 0 Å². The minimum atomic E-state index is 0.815. The van der Waals surface area contributed by atoms with Crippen LogP contribution in [0.5, 0.6) is 0 Å². The zero-order valence-corrected chi connectivity index (χ0v) is 8.27. The van der Waals surface area contributed by atoms with E-state index < -0.39 is 0 Å². The van der Waals surface area contributed by atoms with Gasteiger partial charge in [0.1, 0.15) is 0 Å². The second kappa shape index (κ2) is 7.77. The maximum Gasteiger partial charge on any atom is -0.0276 e. The van der Waals surface area contributed by atoms with Gasteiger partial charge in [-0.05, 0) is 24.3 Å². The summed E-state index contributed by atoms with van der Waals surface area (Å²) in [6.07, 6.45) is 2.52. The van der Waals surface area contributed by atoms with Crippen molar-refractivity contribution in [2.24, 2.45) is 5.92 Å². The monoisotopic (exact) mass is 182 g/mol. The molecule has 0 unspecified atom stereocenters. The maximum absolute atomic E-state index is 6.00. The molecule has 1 aromatic carbocycles. The molecule has 0 saturated heterocycles.